The van der Waals surface area contributed by atoms with Crippen LogP contribution in [-0.2, 0) is 0 Å². The van der Waals surface area contributed by atoms with Crippen LogP contribution in [0.25, 0.3) is 28.5 Å². The van der Waals surface area contributed by atoms with Gasteiger partial charge in [-0.3, -0.25) is 0 Å². The highest BCUT2D eigenvalue weighted by Crippen LogP contribution is 2.22. The monoisotopic (exact) mass is 294 g/mol. The summed E-state index contributed by atoms with van der Waals surface area (Å²) in [7, 11) is 0. The van der Waals surface area contributed by atoms with Gasteiger partial charge in [-0.1, -0.05) is 41.7 Å². The molecule has 0 aliphatic heterocycles. The Kier molecular flexibility index (Phi) is 2.86. The van der Waals surface area contributed by atoms with Gasteiger partial charge in [0.15, 0.2) is 5.82 Å². The molecule has 21 heavy (non-hydrogen) atoms. The number of hydrogen-bond donors (Lipinski definition) is 0. The number of fused-ring (bicyclic) bond motifs is 1. The lowest BCUT2D eigenvalue weighted by Gasteiger charge is -1.94. The van der Waals surface area contributed by atoms with Crippen molar-refractivity contribution in [1.29, 1.82) is 0 Å². The van der Waals surface area contributed by atoms with Crippen molar-refractivity contribution in [1.82, 2.24) is 19.8 Å². The van der Waals surface area contributed by atoms with E-state index in [1.165, 1.54) is 11.3 Å². The molecule has 0 aliphatic carbocycles. The number of hydrogen-bond acceptors (Lipinski definition) is 5. The Bertz CT molecular complexity index is 890. The SMILES string of the molecule is C(=C/c1nn2c(-c3ccccc3)nnc2s1)/c1ccco1. The average Bonchev–Trinajstić information content (AvgIpc) is 3.22. The van der Waals surface area contributed by atoms with Gasteiger partial charge in [-0.25, -0.2) is 0 Å². The lowest BCUT2D eigenvalue weighted by Crippen LogP contribution is -1.90. The van der Waals surface area contributed by atoms with Gasteiger partial charge >= 0.3 is 0 Å². The molecule has 0 fully saturated rings. The zero-order valence-electron chi connectivity index (χ0n) is 10.9. The van der Waals surface area contributed by atoms with E-state index in [4.69, 9.17) is 4.42 Å². The minimum absolute atomic E-state index is 0.750. The van der Waals surface area contributed by atoms with Crippen molar-refractivity contribution in [3.8, 4) is 11.4 Å². The zero-order valence-corrected chi connectivity index (χ0v) is 11.7. The van der Waals surface area contributed by atoms with E-state index < -0.39 is 0 Å². The zero-order chi connectivity index (χ0) is 14.1. The smallest absolute Gasteiger partial charge is 0.235 e. The highest BCUT2D eigenvalue weighted by Gasteiger charge is 2.11. The number of aromatic nitrogens is 4. The molecule has 3 heterocycles. The Balaban J connectivity index is 1.73. The quantitative estimate of drug-likeness (QED) is 0.579. The van der Waals surface area contributed by atoms with E-state index in [9.17, 15) is 0 Å². The van der Waals surface area contributed by atoms with Crippen molar-refractivity contribution in [2.24, 2.45) is 0 Å². The number of benzene rings is 1. The third-order valence-corrected chi connectivity index (χ3v) is 3.84. The maximum Gasteiger partial charge on any atom is 0.235 e. The first-order chi connectivity index (χ1) is 10.4. The first kappa shape index (κ1) is 12.0. The van der Waals surface area contributed by atoms with Gasteiger partial charge in [-0.15, -0.1) is 10.2 Å². The van der Waals surface area contributed by atoms with Crippen molar-refractivity contribution in [2.75, 3.05) is 0 Å². The summed E-state index contributed by atoms with van der Waals surface area (Å²) in [6, 6.07) is 13.7. The highest BCUT2D eigenvalue weighted by molar-refractivity contribution is 7.17. The van der Waals surface area contributed by atoms with E-state index >= 15 is 0 Å². The molecule has 4 aromatic rings. The lowest BCUT2D eigenvalue weighted by atomic mass is 10.2. The topological polar surface area (TPSA) is 56.2 Å². The molecule has 0 bridgehead atoms. The summed E-state index contributed by atoms with van der Waals surface area (Å²) in [5.41, 5.74) is 0.997. The van der Waals surface area contributed by atoms with Crippen LogP contribution in [0, 0.1) is 0 Å². The molecule has 0 radical (unpaired) electrons. The summed E-state index contributed by atoms with van der Waals surface area (Å²) in [4.78, 5) is 0.771. The van der Waals surface area contributed by atoms with Crippen LogP contribution < -0.4 is 0 Å². The second-order valence-corrected chi connectivity index (χ2v) is 5.36. The predicted octanol–water partition coefficient (Wildman–Crippen LogP) is 3.62. The van der Waals surface area contributed by atoms with Gasteiger partial charge in [0.25, 0.3) is 0 Å². The summed E-state index contributed by atoms with van der Waals surface area (Å²) in [6.07, 6.45) is 5.44. The van der Waals surface area contributed by atoms with Crippen LogP contribution in [0.4, 0.5) is 0 Å². The summed E-state index contributed by atoms with van der Waals surface area (Å²) in [5.74, 6) is 1.55. The fraction of sp³-hybridized carbons (Fsp3) is 0. The molecule has 3 aromatic heterocycles. The Morgan fingerprint density at radius 2 is 1.90 bits per heavy atom. The van der Waals surface area contributed by atoms with Crippen molar-refractivity contribution < 1.29 is 4.42 Å². The Labute approximate surface area is 124 Å². The molecular formula is C15H10N4OS. The van der Waals surface area contributed by atoms with E-state index in [0.29, 0.717) is 0 Å². The maximum absolute atomic E-state index is 5.26. The van der Waals surface area contributed by atoms with Crippen molar-refractivity contribution in [3.05, 3.63) is 59.5 Å². The first-order valence-corrected chi connectivity index (χ1v) is 7.21. The lowest BCUT2D eigenvalue weighted by molar-refractivity contribution is 0.557. The summed E-state index contributed by atoms with van der Waals surface area (Å²) >= 11 is 1.48. The Morgan fingerprint density at radius 1 is 1.00 bits per heavy atom. The second kappa shape index (κ2) is 4.99. The number of rotatable bonds is 3. The molecular weight excluding hydrogens is 284 g/mol. The summed E-state index contributed by atoms with van der Waals surface area (Å²) in [6.45, 7) is 0. The molecule has 0 atom stereocenters. The van der Waals surface area contributed by atoms with Crippen molar-refractivity contribution >= 4 is 28.4 Å². The van der Waals surface area contributed by atoms with Crippen LogP contribution >= 0.6 is 11.3 Å². The molecule has 0 saturated carbocycles. The second-order valence-electron chi connectivity index (χ2n) is 4.37. The van der Waals surface area contributed by atoms with Crippen LogP contribution in [0.2, 0.25) is 0 Å². The molecule has 102 valence electrons. The molecule has 1 aromatic carbocycles. The van der Waals surface area contributed by atoms with Crippen molar-refractivity contribution in [3.63, 3.8) is 0 Å². The van der Waals surface area contributed by atoms with Crippen LogP contribution in [0.5, 0.6) is 0 Å². The molecule has 0 spiro atoms. The van der Waals surface area contributed by atoms with Gasteiger partial charge < -0.3 is 4.42 Å². The standard InChI is InChI=1S/C15H10N4OS/c1-2-5-11(6-3-1)14-16-17-15-19(14)18-13(21-15)9-8-12-7-4-10-20-12/h1-10H/b9-8-. The molecule has 4 rings (SSSR count). The van der Waals surface area contributed by atoms with E-state index in [1.54, 1.807) is 10.8 Å². The average molecular weight is 294 g/mol. The molecule has 0 N–H and O–H groups in total. The van der Waals surface area contributed by atoms with Gasteiger partial charge in [-0.05, 0) is 24.3 Å². The van der Waals surface area contributed by atoms with E-state index in [0.717, 1.165) is 27.1 Å². The van der Waals surface area contributed by atoms with Crippen LogP contribution in [0.1, 0.15) is 10.8 Å². The molecule has 0 aliphatic rings. The Hall–Kier alpha value is -2.73. The van der Waals surface area contributed by atoms with E-state index in [2.05, 4.69) is 15.3 Å². The fourth-order valence-corrected chi connectivity index (χ4v) is 2.75. The van der Waals surface area contributed by atoms with Crippen LogP contribution in [-0.4, -0.2) is 19.8 Å². The summed E-state index contributed by atoms with van der Waals surface area (Å²) in [5, 5.41) is 13.8. The van der Waals surface area contributed by atoms with Crippen LogP contribution in [0.15, 0.2) is 53.1 Å². The normalized spacial score (nSPS) is 11.6. The molecule has 0 amide bonds. The fourth-order valence-electron chi connectivity index (χ4n) is 2.01. The Morgan fingerprint density at radius 3 is 2.71 bits per heavy atom. The summed E-state index contributed by atoms with van der Waals surface area (Å²) < 4.78 is 7.02. The number of nitrogens with zero attached hydrogens (tertiary/aromatic N) is 4. The maximum atomic E-state index is 5.26. The largest absolute Gasteiger partial charge is 0.465 e. The molecule has 6 heteroatoms. The van der Waals surface area contributed by atoms with Gasteiger partial charge in [0, 0.05) is 5.56 Å². The van der Waals surface area contributed by atoms with Gasteiger partial charge in [0.2, 0.25) is 4.96 Å². The van der Waals surface area contributed by atoms with Gasteiger partial charge in [0.05, 0.1) is 6.26 Å². The van der Waals surface area contributed by atoms with E-state index in [-0.39, 0.29) is 0 Å². The van der Waals surface area contributed by atoms with Crippen molar-refractivity contribution in [2.45, 2.75) is 0 Å². The minimum atomic E-state index is 0.750. The molecule has 0 unspecified atom stereocenters. The third kappa shape index (κ3) is 2.25. The van der Waals surface area contributed by atoms with Gasteiger partial charge in [-0.2, -0.15) is 9.61 Å². The third-order valence-electron chi connectivity index (χ3n) is 2.97. The van der Waals surface area contributed by atoms with Gasteiger partial charge in [0.1, 0.15) is 10.8 Å². The molecule has 0 saturated heterocycles. The highest BCUT2D eigenvalue weighted by atomic mass is 32.1. The first-order valence-electron chi connectivity index (χ1n) is 6.39. The molecule has 5 nitrogen and oxygen atoms in total. The van der Waals surface area contributed by atoms with Crippen LogP contribution in [0.3, 0.4) is 0 Å². The number of furan rings is 1. The van der Waals surface area contributed by atoms with E-state index in [1.807, 2.05) is 54.6 Å². The minimum Gasteiger partial charge on any atom is -0.465 e. The predicted molar refractivity (Wildman–Crippen MR) is 81.7 cm³/mol.